The fourth-order valence-corrected chi connectivity index (χ4v) is 5.20. The monoisotopic (exact) mass is 567 g/mol. The lowest BCUT2D eigenvalue weighted by Gasteiger charge is -2.35. The van der Waals surface area contributed by atoms with Gasteiger partial charge in [0.25, 0.3) is 5.91 Å². The molecule has 9 nitrogen and oxygen atoms in total. The highest BCUT2D eigenvalue weighted by molar-refractivity contribution is 5.96. The summed E-state index contributed by atoms with van der Waals surface area (Å²) in [5.74, 6) is -3.66. The minimum Gasteiger partial charge on any atom is -0.530 e. The van der Waals surface area contributed by atoms with Crippen molar-refractivity contribution in [3.63, 3.8) is 0 Å². The minimum absolute atomic E-state index is 0.0397. The standard InChI is InChI=1S/C29H28F3N5O4/c1-29(2)37(28(39)40)21(16-41-29)12-13-22-23(32)10-5-11-24(22)34-27(38)26(35-36-33)25(17-6-3-8-19(30)14-17)18-7-4-9-20(31)15-18/h3-11,14-15,21,25-26,33H,12-13,16H2,1-2H3,(H-,34,38,39,40). The van der Waals surface area contributed by atoms with E-state index < -0.39 is 53.2 Å². The maximum absolute atomic E-state index is 15.0. The van der Waals surface area contributed by atoms with Gasteiger partial charge in [0.2, 0.25) is 11.0 Å². The van der Waals surface area contributed by atoms with E-state index in [9.17, 15) is 23.5 Å². The molecule has 214 valence electrons. The Morgan fingerprint density at radius 2 is 1.71 bits per heavy atom. The lowest BCUT2D eigenvalue weighted by molar-refractivity contribution is -0.276. The number of benzene rings is 3. The quantitative estimate of drug-likeness (QED) is 0.291. The van der Waals surface area contributed by atoms with E-state index in [-0.39, 0.29) is 41.8 Å². The minimum atomic E-state index is -1.45. The number of hydrogen-bond acceptors (Lipinski definition) is 6. The Bertz CT molecular complexity index is 1450. The number of hydrogen-bond donors (Lipinski definition) is 2. The first-order valence-corrected chi connectivity index (χ1v) is 12.8. The molecule has 3 aromatic carbocycles. The summed E-state index contributed by atoms with van der Waals surface area (Å²) in [5.41, 5.74) is 7.00. The highest BCUT2D eigenvalue weighted by atomic mass is 19.1. The molecule has 1 heterocycles. The van der Waals surface area contributed by atoms with E-state index in [1.807, 2.05) is 0 Å². The second-order valence-electron chi connectivity index (χ2n) is 10.1. The van der Waals surface area contributed by atoms with E-state index in [0.29, 0.717) is 0 Å². The molecule has 3 aromatic rings. The van der Waals surface area contributed by atoms with Gasteiger partial charge in [-0.05, 0) is 74.2 Å². The third-order valence-electron chi connectivity index (χ3n) is 7.06. The van der Waals surface area contributed by atoms with Gasteiger partial charge < -0.3 is 24.9 Å². The normalized spacial score (nSPS) is 16.7. The molecule has 0 bridgehead atoms. The summed E-state index contributed by atoms with van der Waals surface area (Å²) in [4.78, 5) is 29.5. The van der Waals surface area contributed by atoms with E-state index >= 15 is 4.39 Å². The zero-order valence-electron chi connectivity index (χ0n) is 22.3. The van der Waals surface area contributed by atoms with Crippen LogP contribution in [-0.2, 0) is 16.0 Å². The Labute approximate surface area is 234 Å². The molecule has 2 amide bonds. The molecular weight excluding hydrogens is 539 g/mol. The van der Waals surface area contributed by atoms with Crippen molar-refractivity contribution in [1.82, 2.24) is 9.81 Å². The number of nitrogens with zero attached hydrogens (tertiary/aromatic N) is 3. The summed E-state index contributed by atoms with van der Waals surface area (Å²) < 4.78 is 49.0. The number of rotatable bonds is 9. The first-order valence-electron chi connectivity index (χ1n) is 12.8. The van der Waals surface area contributed by atoms with E-state index in [4.69, 9.17) is 10.3 Å². The van der Waals surface area contributed by atoms with Gasteiger partial charge in [0.15, 0.2) is 0 Å². The number of ether oxygens (including phenoxy) is 1. The fraction of sp³-hybridized carbons (Fsp3) is 0.310. The van der Waals surface area contributed by atoms with E-state index in [1.165, 1.54) is 54.6 Å². The van der Waals surface area contributed by atoms with Crippen LogP contribution in [0.5, 0.6) is 0 Å². The van der Waals surface area contributed by atoms with Gasteiger partial charge in [-0.25, -0.2) is 13.2 Å². The van der Waals surface area contributed by atoms with Gasteiger partial charge in [0, 0.05) is 17.2 Å². The Balaban J connectivity index is 1.65. The molecule has 2 unspecified atom stereocenters. The van der Waals surface area contributed by atoms with Crippen LogP contribution in [0.3, 0.4) is 0 Å². The van der Waals surface area contributed by atoms with Crippen LogP contribution in [0.4, 0.5) is 23.7 Å². The topological polar surface area (TPSA) is 132 Å². The number of carbonyl (C=O) groups is 2. The van der Waals surface area contributed by atoms with Gasteiger partial charge in [-0.1, -0.05) is 30.3 Å². The van der Waals surface area contributed by atoms with Crippen LogP contribution in [0.15, 0.2) is 71.8 Å². The number of anilines is 1. The predicted molar refractivity (Wildman–Crippen MR) is 140 cm³/mol. The predicted octanol–water partition coefficient (Wildman–Crippen LogP) is 4.51. The van der Waals surface area contributed by atoms with Gasteiger partial charge in [-0.15, -0.1) is 0 Å². The number of carbonyl (C=O) groups excluding carboxylic acids is 2. The molecule has 1 aliphatic heterocycles. The van der Waals surface area contributed by atoms with Crippen molar-refractivity contribution >= 4 is 17.7 Å². The summed E-state index contributed by atoms with van der Waals surface area (Å²) in [5, 5.41) is 18.1. The van der Waals surface area contributed by atoms with Crippen LogP contribution in [0.1, 0.15) is 42.9 Å². The largest absolute Gasteiger partial charge is 0.530 e. The first kappa shape index (κ1) is 29.4. The SMILES string of the molecule is CC1(C)OCC(CCc2c(F)cccc2NC(=O)C(N=[N+]=N)C(c2cccc(F)c2)c2cccc(F)c2)N1C(=O)[O-]. The maximum Gasteiger partial charge on any atom is 0.257 e. The van der Waals surface area contributed by atoms with Crippen LogP contribution in [0.25, 0.3) is 0 Å². The Morgan fingerprint density at radius 1 is 1.10 bits per heavy atom. The molecule has 12 heteroatoms. The van der Waals surface area contributed by atoms with Gasteiger partial charge in [0.1, 0.15) is 39.9 Å². The van der Waals surface area contributed by atoms with Crippen molar-refractivity contribution < 1.29 is 32.6 Å². The number of amides is 2. The Morgan fingerprint density at radius 3 is 2.27 bits per heavy atom. The summed E-state index contributed by atoms with van der Waals surface area (Å²) in [6.07, 6.45) is -1.20. The van der Waals surface area contributed by atoms with Gasteiger partial charge in [-0.2, -0.15) is 0 Å². The zero-order valence-corrected chi connectivity index (χ0v) is 22.3. The first-order chi connectivity index (χ1) is 19.5. The van der Waals surface area contributed by atoms with Crippen molar-refractivity contribution in [1.29, 1.82) is 5.53 Å². The summed E-state index contributed by atoms with van der Waals surface area (Å²) in [6, 6.07) is 12.7. The average Bonchev–Trinajstić information content (AvgIpc) is 3.22. The molecule has 0 spiro atoms. The second-order valence-corrected chi connectivity index (χ2v) is 10.1. The molecule has 0 radical (unpaired) electrons. The molecular formula is C29H28F3N5O4. The number of nitrogens with one attached hydrogen (secondary N) is 2. The molecule has 41 heavy (non-hydrogen) atoms. The van der Waals surface area contributed by atoms with Crippen LogP contribution < -0.4 is 15.3 Å². The summed E-state index contributed by atoms with van der Waals surface area (Å²) in [6.45, 7) is 3.27. The van der Waals surface area contributed by atoms with Crippen LogP contribution >= 0.6 is 0 Å². The fourth-order valence-electron chi connectivity index (χ4n) is 5.20. The molecule has 0 aliphatic carbocycles. The van der Waals surface area contributed by atoms with Crippen molar-refractivity contribution in [2.45, 2.75) is 50.4 Å². The molecule has 0 aromatic heterocycles. The molecule has 0 saturated carbocycles. The second kappa shape index (κ2) is 12.3. The molecule has 4 rings (SSSR count). The van der Waals surface area contributed by atoms with Gasteiger partial charge in [0.05, 0.1) is 12.6 Å². The van der Waals surface area contributed by atoms with Crippen molar-refractivity contribution in [2.75, 3.05) is 11.9 Å². The molecule has 2 atom stereocenters. The third-order valence-corrected chi connectivity index (χ3v) is 7.06. The maximum atomic E-state index is 15.0. The average molecular weight is 568 g/mol. The van der Waals surface area contributed by atoms with Crippen molar-refractivity contribution in [3.8, 4) is 0 Å². The van der Waals surface area contributed by atoms with Gasteiger partial charge >= 0.3 is 0 Å². The summed E-state index contributed by atoms with van der Waals surface area (Å²) >= 11 is 0. The Hall–Kier alpha value is -4.54. The highest BCUT2D eigenvalue weighted by Gasteiger charge is 2.41. The number of carboxylic acid groups (broad SMARTS) is 1. The van der Waals surface area contributed by atoms with E-state index in [1.54, 1.807) is 26.0 Å². The molecule has 1 aliphatic rings. The van der Waals surface area contributed by atoms with Crippen molar-refractivity contribution in [2.24, 2.45) is 5.11 Å². The highest BCUT2D eigenvalue weighted by Crippen LogP contribution is 2.33. The lowest BCUT2D eigenvalue weighted by Crippen LogP contribution is -2.53. The van der Waals surface area contributed by atoms with Crippen LogP contribution in [0.2, 0.25) is 0 Å². The van der Waals surface area contributed by atoms with E-state index in [2.05, 4.69) is 15.3 Å². The lowest BCUT2D eigenvalue weighted by atomic mass is 9.84. The summed E-state index contributed by atoms with van der Waals surface area (Å²) in [7, 11) is 0. The molecule has 1 fully saturated rings. The number of halogens is 3. The smallest absolute Gasteiger partial charge is 0.257 e. The van der Waals surface area contributed by atoms with Crippen LogP contribution in [-0.4, -0.2) is 41.3 Å². The third kappa shape index (κ3) is 6.62. The molecule has 1 saturated heterocycles. The Kier molecular flexibility index (Phi) is 8.85. The molecule has 2 N–H and O–H groups in total. The van der Waals surface area contributed by atoms with E-state index in [0.717, 1.165) is 4.90 Å². The van der Waals surface area contributed by atoms with Crippen LogP contribution in [0, 0.1) is 23.0 Å². The van der Waals surface area contributed by atoms with Gasteiger partial charge in [-0.3, -0.25) is 4.79 Å². The van der Waals surface area contributed by atoms with Crippen molar-refractivity contribution in [3.05, 3.63) is 101 Å². The zero-order chi connectivity index (χ0) is 29.7.